The summed E-state index contributed by atoms with van der Waals surface area (Å²) in [5.41, 5.74) is 2.74. The molecular weight excluding hydrogens is 368 g/mol. The third-order valence-corrected chi connectivity index (χ3v) is 4.55. The molecule has 0 bridgehead atoms. The van der Waals surface area contributed by atoms with E-state index in [2.05, 4.69) is 20.6 Å². The topological polar surface area (TPSA) is 66.4 Å². The Hall–Kier alpha value is -3.12. The molecule has 0 saturated heterocycles. The van der Waals surface area contributed by atoms with Crippen molar-refractivity contribution < 1.29 is 4.79 Å². The van der Waals surface area contributed by atoms with E-state index in [1.54, 1.807) is 12.3 Å². The first-order valence-corrected chi connectivity index (χ1v) is 10.1. The zero-order valence-corrected chi connectivity index (χ0v) is 16.6. The van der Waals surface area contributed by atoms with Crippen molar-refractivity contribution in [3.05, 3.63) is 78.5 Å². The van der Waals surface area contributed by atoms with Crippen LogP contribution in [0.5, 0.6) is 0 Å². The summed E-state index contributed by atoms with van der Waals surface area (Å²) in [6.07, 6.45) is 6.63. The van der Waals surface area contributed by atoms with Gasteiger partial charge in [-0.2, -0.15) is 0 Å². The second-order valence-corrected chi connectivity index (χ2v) is 6.87. The molecule has 0 aliphatic carbocycles. The van der Waals surface area contributed by atoms with Crippen LogP contribution in [0.4, 0.5) is 5.69 Å². The van der Waals surface area contributed by atoms with Gasteiger partial charge < -0.3 is 10.6 Å². The smallest absolute Gasteiger partial charge is 0.245 e. The predicted octanol–water partition coefficient (Wildman–Crippen LogP) is 4.54. The molecule has 1 heterocycles. The van der Waals surface area contributed by atoms with Gasteiger partial charge in [0.25, 0.3) is 0 Å². The number of hydrogen-bond donors (Lipinski definition) is 2. The van der Waals surface area contributed by atoms with Gasteiger partial charge in [-0.25, -0.2) is 4.99 Å². The van der Waals surface area contributed by atoms with Gasteiger partial charge in [0, 0.05) is 17.7 Å². The number of para-hydroxylation sites is 1. The highest BCUT2D eigenvalue weighted by Gasteiger charge is 2.08. The van der Waals surface area contributed by atoms with Crippen LogP contribution in [-0.2, 0) is 4.79 Å². The van der Waals surface area contributed by atoms with E-state index in [0.29, 0.717) is 5.17 Å². The average Bonchev–Trinajstić information content (AvgIpc) is 2.72. The second-order valence-electron chi connectivity index (χ2n) is 6.07. The Bertz CT molecular complexity index is 996. The summed E-state index contributed by atoms with van der Waals surface area (Å²) in [7, 11) is 0. The maximum atomic E-state index is 12.1. The molecule has 0 fully saturated rings. The molecule has 0 aliphatic rings. The number of fused-ring (bicyclic) bond motifs is 1. The van der Waals surface area contributed by atoms with Crippen molar-refractivity contribution in [3.63, 3.8) is 0 Å². The Morgan fingerprint density at radius 1 is 1.11 bits per heavy atom. The molecular formula is C22H22N4OS. The number of amidine groups is 1. The lowest BCUT2D eigenvalue weighted by Gasteiger charge is -2.13. The number of pyridine rings is 1. The molecule has 1 unspecified atom stereocenters. The third kappa shape index (κ3) is 5.44. The number of carbonyl (C=O) groups is 1. The Kier molecular flexibility index (Phi) is 6.81. The van der Waals surface area contributed by atoms with Gasteiger partial charge in [-0.05, 0) is 37.0 Å². The van der Waals surface area contributed by atoms with Crippen LogP contribution in [0.25, 0.3) is 17.0 Å². The van der Waals surface area contributed by atoms with Crippen molar-refractivity contribution in [1.29, 1.82) is 0 Å². The molecule has 1 aromatic heterocycles. The van der Waals surface area contributed by atoms with E-state index in [9.17, 15) is 4.79 Å². The molecule has 0 aliphatic heterocycles. The molecule has 2 N–H and O–H groups in total. The number of benzene rings is 2. The molecule has 0 radical (unpaired) electrons. The first-order valence-electron chi connectivity index (χ1n) is 8.92. The molecule has 0 saturated carbocycles. The van der Waals surface area contributed by atoms with Crippen LogP contribution < -0.4 is 10.6 Å². The van der Waals surface area contributed by atoms with Crippen LogP contribution in [0.1, 0.15) is 12.5 Å². The minimum atomic E-state index is -0.370. The van der Waals surface area contributed by atoms with E-state index in [0.717, 1.165) is 22.2 Å². The number of nitrogens with zero attached hydrogens (tertiary/aromatic N) is 2. The minimum Gasteiger partial charge on any atom is -0.333 e. The maximum Gasteiger partial charge on any atom is 0.245 e. The number of amides is 1. The summed E-state index contributed by atoms with van der Waals surface area (Å²) < 4.78 is 0. The summed E-state index contributed by atoms with van der Waals surface area (Å²) in [6, 6.07) is 19.6. The summed E-state index contributed by atoms with van der Waals surface area (Å²) >= 11 is 1.48. The largest absolute Gasteiger partial charge is 0.333 e. The highest BCUT2D eigenvalue weighted by Crippen LogP contribution is 2.21. The van der Waals surface area contributed by atoms with Gasteiger partial charge >= 0.3 is 0 Å². The minimum absolute atomic E-state index is 0.188. The molecule has 1 atom stereocenters. The van der Waals surface area contributed by atoms with Gasteiger partial charge in [-0.3, -0.25) is 9.78 Å². The van der Waals surface area contributed by atoms with Crippen LogP contribution in [0.15, 0.2) is 77.9 Å². The third-order valence-electron chi connectivity index (χ3n) is 3.96. The highest BCUT2D eigenvalue weighted by molar-refractivity contribution is 8.13. The van der Waals surface area contributed by atoms with Gasteiger partial charge in [0.1, 0.15) is 6.17 Å². The summed E-state index contributed by atoms with van der Waals surface area (Å²) in [6.45, 7) is 1.84. The fourth-order valence-electron chi connectivity index (χ4n) is 2.65. The van der Waals surface area contributed by atoms with Crippen LogP contribution in [0.2, 0.25) is 0 Å². The fraction of sp³-hybridized carbons (Fsp3) is 0.136. The Labute approximate surface area is 169 Å². The second kappa shape index (κ2) is 9.71. The van der Waals surface area contributed by atoms with Gasteiger partial charge in [0.05, 0.1) is 11.2 Å². The van der Waals surface area contributed by atoms with Crippen LogP contribution in [0.3, 0.4) is 0 Å². The lowest BCUT2D eigenvalue weighted by atomic mass is 10.2. The number of anilines is 1. The number of aromatic nitrogens is 1. The number of carbonyl (C=O) groups excluding carboxylic acids is 1. The van der Waals surface area contributed by atoms with Crippen LogP contribution in [-0.4, -0.2) is 28.5 Å². The van der Waals surface area contributed by atoms with Crippen LogP contribution in [0, 0.1) is 0 Å². The van der Waals surface area contributed by atoms with Crippen molar-refractivity contribution in [2.75, 3.05) is 11.6 Å². The van der Waals surface area contributed by atoms with Crippen molar-refractivity contribution in [2.24, 2.45) is 4.99 Å². The summed E-state index contributed by atoms with van der Waals surface area (Å²) in [5, 5.41) is 7.93. The highest BCUT2D eigenvalue weighted by atomic mass is 32.2. The summed E-state index contributed by atoms with van der Waals surface area (Å²) in [5.74, 6) is -0.188. The van der Waals surface area contributed by atoms with E-state index in [1.807, 2.05) is 73.8 Å². The first kappa shape index (κ1) is 19.6. The quantitative estimate of drug-likeness (QED) is 0.381. The molecule has 0 spiro atoms. The maximum absolute atomic E-state index is 12.1. The Balaban J connectivity index is 1.66. The van der Waals surface area contributed by atoms with Crippen molar-refractivity contribution in [2.45, 2.75) is 13.1 Å². The molecule has 142 valence electrons. The van der Waals surface area contributed by atoms with E-state index in [-0.39, 0.29) is 12.1 Å². The molecule has 1 amide bonds. The molecule has 3 rings (SSSR count). The van der Waals surface area contributed by atoms with Crippen molar-refractivity contribution >= 4 is 45.5 Å². The van der Waals surface area contributed by atoms with Gasteiger partial charge in [-0.1, -0.05) is 60.3 Å². The summed E-state index contributed by atoms with van der Waals surface area (Å²) in [4.78, 5) is 21.1. The Morgan fingerprint density at radius 3 is 2.68 bits per heavy atom. The first-order chi connectivity index (χ1) is 13.7. The molecule has 3 aromatic rings. The van der Waals surface area contributed by atoms with E-state index in [1.165, 1.54) is 17.8 Å². The number of hydrogen-bond acceptors (Lipinski definition) is 4. The van der Waals surface area contributed by atoms with E-state index >= 15 is 0 Å². The zero-order valence-electron chi connectivity index (χ0n) is 15.8. The number of nitrogens with one attached hydrogen (secondary N) is 2. The number of rotatable bonds is 5. The number of aliphatic imine (C=N–C) groups is 1. The van der Waals surface area contributed by atoms with Crippen molar-refractivity contribution in [3.8, 4) is 0 Å². The van der Waals surface area contributed by atoms with E-state index in [4.69, 9.17) is 0 Å². The van der Waals surface area contributed by atoms with E-state index < -0.39 is 0 Å². The predicted molar refractivity (Wildman–Crippen MR) is 119 cm³/mol. The zero-order chi connectivity index (χ0) is 19.8. The fourth-order valence-corrected chi connectivity index (χ4v) is 3.13. The molecule has 28 heavy (non-hydrogen) atoms. The average molecular weight is 391 g/mol. The molecule has 6 heteroatoms. The van der Waals surface area contributed by atoms with Crippen LogP contribution >= 0.6 is 11.8 Å². The normalized spacial score (nSPS) is 12.9. The number of thioether (sulfide) groups is 1. The van der Waals surface area contributed by atoms with Gasteiger partial charge in [-0.15, -0.1) is 0 Å². The Morgan fingerprint density at radius 2 is 1.89 bits per heavy atom. The van der Waals surface area contributed by atoms with Gasteiger partial charge in [0.15, 0.2) is 5.17 Å². The SMILES string of the molecule is CSC(=NC(C)NC(=O)/C=C/c1ccccc1)Nc1cccc2cccnc12. The lowest BCUT2D eigenvalue weighted by molar-refractivity contribution is -0.116. The lowest BCUT2D eigenvalue weighted by Crippen LogP contribution is -2.31. The van der Waals surface area contributed by atoms with Gasteiger partial charge in [0.2, 0.25) is 5.91 Å². The molecule has 2 aromatic carbocycles. The standard InChI is InChI=1S/C22H22N4OS/c1-16(24-20(27)14-13-17-8-4-3-5-9-17)25-22(28-2)26-19-12-6-10-18-11-7-15-23-21(18)19/h3-16H,1-2H3,(H,24,27)(H,25,26)/b14-13+. The molecule has 5 nitrogen and oxygen atoms in total. The monoisotopic (exact) mass is 390 g/mol. The van der Waals surface area contributed by atoms with Crippen molar-refractivity contribution in [1.82, 2.24) is 10.3 Å².